The molecule has 1 amide bonds. The molecule has 0 fully saturated rings. The largest absolute Gasteiger partial charge is 0.573 e. The van der Waals surface area contributed by atoms with Gasteiger partial charge in [-0.2, -0.15) is 0 Å². The van der Waals surface area contributed by atoms with E-state index >= 15 is 0 Å². The highest BCUT2D eigenvalue weighted by Gasteiger charge is 2.31. The number of halogens is 4. The third kappa shape index (κ3) is 6.06. The Bertz CT molecular complexity index is 1090. The van der Waals surface area contributed by atoms with E-state index < -0.39 is 28.8 Å². The summed E-state index contributed by atoms with van der Waals surface area (Å²) >= 11 is 0.986. The van der Waals surface area contributed by atoms with Crippen LogP contribution in [0.1, 0.15) is 10.6 Å². The van der Waals surface area contributed by atoms with Crippen molar-refractivity contribution in [3.63, 3.8) is 0 Å². The second kappa shape index (κ2) is 9.49. The first-order valence-corrected chi connectivity index (χ1v) is 9.22. The molecule has 0 bridgehead atoms. The minimum atomic E-state index is -4.83. The highest BCUT2D eigenvalue weighted by atomic mass is 35.5. The number of ether oxygens (including phenoxy) is 1. The second-order valence-electron chi connectivity index (χ2n) is 6.33. The third-order valence-electron chi connectivity index (χ3n) is 3.81. The minimum absolute atomic E-state index is 0. The Morgan fingerprint density at radius 2 is 1.97 bits per heavy atom. The van der Waals surface area contributed by atoms with Gasteiger partial charge in [0.05, 0.1) is 16.3 Å². The lowest BCUT2D eigenvalue weighted by Crippen LogP contribution is -2.36. The molecule has 1 aromatic carbocycles. The maximum absolute atomic E-state index is 12.9. The number of hydrogen-bond acceptors (Lipinski definition) is 8. The number of benzene rings is 1. The molecule has 168 valence electrons. The Morgan fingerprint density at radius 3 is 2.55 bits per heavy atom. The van der Waals surface area contributed by atoms with Crippen LogP contribution in [0.15, 0.2) is 34.7 Å². The van der Waals surface area contributed by atoms with E-state index in [1.54, 1.807) is 14.1 Å². The fourth-order valence-corrected chi connectivity index (χ4v) is 3.48. The Balaban J connectivity index is 0.00000341. The normalized spacial score (nSPS) is 11.4. The molecule has 0 unspecified atom stereocenters. The molecule has 31 heavy (non-hydrogen) atoms. The van der Waals surface area contributed by atoms with Crippen molar-refractivity contribution in [1.29, 1.82) is 0 Å². The fourth-order valence-electron chi connectivity index (χ4n) is 2.46. The topological polar surface area (TPSA) is 102 Å². The molecule has 2 aromatic heterocycles. The maximum atomic E-state index is 12.9. The monoisotopic (exact) mass is 480 g/mol. The number of fused-ring (bicyclic) bond motifs is 1. The standard InChI is InChI=1S/C17H15F3N4O5S.ClH/c1-22(2)7-8-23(15(25)12-5-6-14(28-12)24(26)27)16-21-11-4-3-10(9-13(11)30-16)29-17(18,19)20;/h3-6,9H,7-8H2,1-2H3;1H. The number of thiazole rings is 1. The molecule has 0 atom stereocenters. The van der Waals surface area contributed by atoms with Gasteiger partial charge in [-0.1, -0.05) is 11.3 Å². The third-order valence-corrected chi connectivity index (χ3v) is 4.85. The summed E-state index contributed by atoms with van der Waals surface area (Å²) in [6.07, 6.45) is -4.83. The number of nitrogens with zero attached hydrogens (tertiary/aromatic N) is 4. The zero-order chi connectivity index (χ0) is 22.1. The lowest BCUT2D eigenvalue weighted by atomic mass is 10.3. The van der Waals surface area contributed by atoms with E-state index in [-0.39, 0.29) is 29.8 Å². The fraction of sp³-hybridized carbons (Fsp3) is 0.294. The van der Waals surface area contributed by atoms with Gasteiger partial charge in [0.15, 0.2) is 10.9 Å². The molecule has 0 radical (unpaired) electrons. The number of rotatable bonds is 7. The number of amides is 1. The van der Waals surface area contributed by atoms with Gasteiger partial charge in [-0.25, -0.2) is 4.98 Å². The van der Waals surface area contributed by atoms with Crippen LogP contribution in [-0.2, 0) is 0 Å². The Hall–Kier alpha value is -2.90. The molecule has 0 spiro atoms. The van der Waals surface area contributed by atoms with Crippen molar-refractivity contribution in [3.05, 3.63) is 46.2 Å². The van der Waals surface area contributed by atoms with Gasteiger partial charge in [-0.15, -0.1) is 25.6 Å². The van der Waals surface area contributed by atoms with Gasteiger partial charge in [0.2, 0.25) is 0 Å². The van der Waals surface area contributed by atoms with E-state index in [4.69, 9.17) is 4.42 Å². The molecule has 9 nitrogen and oxygen atoms in total. The second-order valence-corrected chi connectivity index (χ2v) is 7.34. The number of carbonyl (C=O) groups excluding carboxylic acids is 1. The number of anilines is 1. The summed E-state index contributed by atoms with van der Waals surface area (Å²) in [6.45, 7) is 0.610. The van der Waals surface area contributed by atoms with E-state index in [0.717, 1.165) is 23.5 Å². The van der Waals surface area contributed by atoms with Crippen molar-refractivity contribution in [2.24, 2.45) is 0 Å². The van der Waals surface area contributed by atoms with Crippen molar-refractivity contribution >= 4 is 50.9 Å². The van der Waals surface area contributed by atoms with Gasteiger partial charge >= 0.3 is 12.2 Å². The number of carbonyl (C=O) groups is 1. The number of furan rings is 1. The van der Waals surface area contributed by atoms with Crippen LogP contribution in [0.5, 0.6) is 5.75 Å². The molecule has 0 aliphatic heterocycles. The average Bonchev–Trinajstić information content (AvgIpc) is 3.26. The first kappa shape index (κ1) is 24.4. The number of nitro groups is 1. The smallest absolute Gasteiger partial charge is 0.406 e. The van der Waals surface area contributed by atoms with Crippen LogP contribution in [0.25, 0.3) is 10.2 Å². The van der Waals surface area contributed by atoms with Gasteiger partial charge in [-0.05, 0) is 32.3 Å². The van der Waals surface area contributed by atoms with Crippen molar-refractivity contribution in [2.75, 3.05) is 32.1 Å². The van der Waals surface area contributed by atoms with Crippen LogP contribution >= 0.6 is 23.7 Å². The van der Waals surface area contributed by atoms with Crippen LogP contribution in [0.4, 0.5) is 24.2 Å². The average molecular weight is 481 g/mol. The molecule has 0 aliphatic carbocycles. The number of alkyl halides is 3. The van der Waals surface area contributed by atoms with E-state index in [1.807, 2.05) is 4.90 Å². The SMILES string of the molecule is CN(C)CCN(C(=O)c1ccc([N+](=O)[O-])o1)c1nc2ccc(OC(F)(F)F)cc2s1.Cl. The van der Waals surface area contributed by atoms with Gasteiger partial charge in [0, 0.05) is 19.2 Å². The predicted molar refractivity (Wildman–Crippen MR) is 109 cm³/mol. The molecule has 14 heteroatoms. The molecular formula is C17H16ClF3N4O5S. The zero-order valence-corrected chi connectivity index (χ0v) is 17.7. The number of likely N-dealkylation sites (N-methyl/N-ethyl adjacent to an activating group) is 1. The minimum Gasteiger partial charge on any atom is -0.406 e. The molecule has 0 aliphatic rings. The van der Waals surface area contributed by atoms with Gasteiger partial charge in [0.25, 0.3) is 5.91 Å². The molecule has 0 N–H and O–H groups in total. The van der Waals surface area contributed by atoms with Gasteiger partial charge < -0.3 is 14.1 Å². The predicted octanol–water partition coefficient (Wildman–Crippen LogP) is 4.33. The maximum Gasteiger partial charge on any atom is 0.573 e. The summed E-state index contributed by atoms with van der Waals surface area (Å²) < 4.78 is 46.6. The Morgan fingerprint density at radius 1 is 1.26 bits per heavy atom. The lowest BCUT2D eigenvalue weighted by Gasteiger charge is -2.20. The number of aromatic nitrogens is 1. The van der Waals surface area contributed by atoms with Crippen LogP contribution in [-0.4, -0.2) is 54.3 Å². The molecular weight excluding hydrogens is 465 g/mol. The summed E-state index contributed by atoms with van der Waals surface area (Å²) in [5.74, 6) is -1.89. The van der Waals surface area contributed by atoms with E-state index in [1.165, 1.54) is 23.1 Å². The van der Waals surface area contributed by atoms with E-state index in [0.29, 0.717) is 16.8 Å². The van der Waals surface area contributed by atoms with Crippen molar-refractivity contribution in [3.8, 4) is 5.75 Å². The molecule has 0 saturated heterocycles. The quantitative estimate of drug-likeness (QED) is 0.366. The summed E-state index contributed by atoms with van der Waals surface area (Å²) in [5.41, 5.74) is 0.373. The summed E-state index contributed by atoms with van der Waals surface area (Å²) in [4.78, 5) is 30.3. The van der Waals surface area contributed by atoms with Gasteiger partial charge in [0.1, 0.15) is 10.7 Å². The Labute approximate surface area is 183 Å². The Kier molecular flexibility index (Phi) is 7.46. The van der Waals surface area contributed by atoms with E-state index in [2.05, 4.69) is 9.72 Å². The van der Waals surface area contributed by atoms with Crippen molar-refractivity contribution in [1.82, 2.24) is 9.88 Å². The van der Waals surface area contributed by atoms with Crippen molar-refractivity contribution < 1.29 is 32.0 Å². The van der Waals surface area contributed by atoms with Crippen LogP contribution in [0.3, 0.4) is 0 Å². The van der Waals surface area contributed by atoms with Crippen LogP contribution in [0, 0.1) is 10.1 Å². The zero-order valence-electron chi connectivity index (χ0n) is 16.1. The van der Waals surface area contributed by atoms with Crippen LogP contribution in [0.2, 0.25) is 0 Å². The molecule has 2 heterocycles. The lowest BCUT2D eigenvalue weighted by molar-refractivity contribution is -0.402. The summed E-state index contributed by atoms with van der Waals surface area (Å²) in [5, 5.41) is 11.0. The molecule has 0 saturated carbocycles. The first-order valence-electron chi connectivity index (χ1n) is 8.40. The summed E-state index contributed by atoms with van der Waals surface area (Å²) in [6, 6.07) is 5.91. The van der Waals surface area contributed by atoms with Crippen LogP contribution < -0.4 is 9.64 Å². The first-order chi connectivity index (χ1) is 14.0. The number of hydrogen-bond donors (Lipinski definition) is 0. The highest BCUT2D eigenvalue weighted by molar-refractivity contribution is 7.22. The van der Waals surface area contributed by atoms with Gasteiger partial charge in [-0.3, -0.25) is 19.8 Å². The molecule has 3 rings (SSSR count). The highest BCUT2D eigenvalue weighted by Crippen LogP contribution is 2.34. The molecule has 3 aromatic rings. The van der Waals surface area contributed by atoms with Crippen molar-refractivity contribution in [2.45, 2.75) is 6.36 Å². The summed E-state index contributed by atoms with van der Waals surface area (Å²) in [7, 11) is 3.58. The van der Waals surface area contributed by atoms with E-state index in [9.17, 15) is 28.1 Å².